The number of hydrogen-bond donors (Lipinski definition) is 0. The molecule has 1 atom stereocenters. The van der Waals surface area contributed by atoms with Crippen LogP contribution in [0.4, 0.5) is 0 Å². The van der Waals surface area contributed by atoms with Gasteiger partial charge in [0.15, 0.2) is 0 Å². The molecule has 0 aromatic heterocycles. The van der Waals surface area contributed by atoms with Crippen LogP contribution in [0.2, 0.25) is 0 Å². The number of hydrogen-bond acceptors (Lipinski definition) is 4. The molecule has 0 heterocycles. The van der Waals surface area contributed by atoms with Crippen molar-refractivity contribution < 1.29 is 19.1 Å². The molecule has 0 fully saturated rings. The highest BCUT2D eigenvalue weighted by molar-refractivity contribution is 6.18. The van der Waals surface area contributed by atoms with Gasteiger partial charge in [-0.2, -0.15) is 0 Å². The van der Waals surface area contributed by atoms with E-state index >= 15 is 0 Å². The Morgan fingerprint density at radius 3 is 2.57 bits per heavy atom. The first-order valence-electron chi connectivity index (χ1n) is 4.30. The van der Waals surface area contributed by atoms with E-state index in [4.69, 9.17) is 21.1 Å². The van der Waals surface area contributed by atoms with E-state index in [0.717, 1.165) is 0 Å². The summed E-state index contributed by atoms with van der Waals surface area (Å²) in [7, 11) is 0. The van der Waals surface area contributed by atoms with Gasteiger partial charge in [-0.15, -0.1) is 11.6 Å². The highest BCUT2D eigenvalue weighted by atomic mass is 35.5. The van der Waals surface area contributed by atoms with Crippen molar-refractivity contribution in [1.29, 1.82) is 0 Å². The molecule has 0 aromatic carbocycles. The first-order chi connectivity index (χ1) is 6.60. The number of carbonyl (C=O) groups excluding carboxylic acids is 2. The van der Waals surface area contributed by atoms with Crippen molar-refractivity contribution in [2.45, 2.75) is 25.9 Å². The van der Waals surface area contributed by atoms with Crippen LogP contribution >= 0.6 is 11.6 Å². The van der Waals surface area contributed by atoms with E-state index in [0.29, 0.717) is 0 Å². The minimum absolute atomic E-state index is 0.0443. The zero-order valence-electron chi connectivity index (χ0n) is 8.12. The third-order valence-corrected chi connectivity index (χ3v) is 1.49. The van der Waals surface area contributed by atoms with E-state index < -0.39 is 18.0 Å². The lowest BCUT2D eigenvalue weighted by Crippen LogP contribution is -2.20. The van der Waals surface area contributed by atoms with Crippen molar-refractivity contribution in [1.82, 2.24) is 0 Å². The SMILES string of the molecule is [CH2]CC(=O)OC(C)CC(=O)OCCCl. The molecular weight excluding hydrogens is 208 g/mol. The maximum Gasteiger partial charge on any atom is 0.309 e. The molecule has 14 heavy (non-hydrogen) atoms. The van der Waals surface area contributed by atoms with Crippen molar-refractivity contribution in [3.8, 4) is 0 Å². The summed E-state index contributed by atoms with van der Waals surface area (Å²) in [4.78, 5) is 21.8. The Kier molecular flexibility index (Phi) is 7.20. The zero-order valence-corrected chi connectivity index (χ0v) is 8.88. The van der Waals surface area contributed by atoms with Gasteiger partial charge >= 0.3 is 11.9 Å². The molecule has 0 spiro atoms. The first-order valence-corrected chi connectivity index (χ1v) is 4.84. The van der Waals surface area contributed by atoms with Crippen molar-refractivity contribution in [2.75, 3.05) is 12.5 Å². The summed E-state index contributed by atoms with van der Waals surface area (Å²) in [6.45, 7) is 5.16. The molecule has 0 amide bonds. The maximum absolute atomic E-state index is 11.0. The molecule has 1 radical (unpaired) electrons. The highest BCUT2D eigenvalue weighted by Gasteiger charge is 2.13. The average molecular weight is 222 g/mol. The minimum atomic E-state index is -0.480. The van der Waals surface area contributed by atoms with Crippen LogP contribution in [-0.4, -0.2) is 30.5 Å². The van der Waals surface area contributed by atoms with E-state index in [1.165, 1.54) is 0 Å². The van der Waals surface area contributed by atoms with Gasteiger partial charge in [0, 0.05) is 6.42 Å². The molecule has 0 saturated heterocycles. The molecular formula is C9H14ClO4. The fourth-order valence-electron chi connectivity index (χ4n) is 0.771. The monoisotopic (exact) mass is 221 g/mol. The molecule has 81 valence electrons. The van der Waals surface area contributed by atoms with Crippen LogP contribution < -0.4 is 0 Å². The summed E-state index contributed by atoms with van der Waals surface area (Å²) in [5.41, 5.74) is 0. The Bertz CT molecular complexity index is 193. The predicted molar refractivity (Wildman–Crippen MR) is 51.8 cm³/mol. The quantitative estimate of drug-likeness (QED) is 0.501. The number of carbonyl (C=O) groups is 2. The Labute approximate surface area is 88.5 Å². The Hall–Kier alpha value is -0.770. The number of rotatable bonds is 6. The summed E-state index contributed by atoms with van der Waals surface area (Å²) in [5.74, 6) is -0.587. The molecule has 0 saturated carbocycles. The third-order valence-electron chi connectivity index (χ3n) is 1.33. The van der Waals surface area contributed by atoms with Gasteiger partial charge < -0.3 is 9.47 Å². The van der Waals surface area contributed by atoms with E-state index in [9.17, 15) is 9.59 Å². The fraction of sp³-hybridized carbons (Fsp3) is 0.667. The summed E-state index contributed by atoms with van der Waals surface area (Å²) < 4.78 is 9.51. The van der Waals surface area contributed by atoms with E-state index in [1.807, 2.05) is 0 Å². The van der Waals surface area contributed by atoms with Crippen LogP contribution in [-0.2, 0) is 19.1 Å². The standard InChI is InChI=1S/C9H14ClO4/c1-3-8(11)14-7(2)6-9(12)13-5-4-10/h7H,1,3-6H2,2H3. The Balaban J connectivity index is 3.65. The van der Waals surface area contributed by atoms with Gasteiger partial charge in [-0.3, -0.25) is 9.59 Å². The first kappa shape index (κ1) is 13.2. The third kappa shape index (κ3) is 6.71. The normalized spacial score (nSPS) is 11.9. The zero-order chi connectivity index (χ0) is 11.0. The van der Waals surface area contributed by atoms with Crippen LogP contribution in [0.15, 0.2) is 0 Å². The number of ether oxygens (including phenoxy) is 2. The summed E-state index contributed by atoms with van der Waals surface area (Å²) in [5, 5.41) is 0. The fourth-order valence-corrected chi connectivity index (χ4v) is 0.848. The second kappa shape index (κ2) is 7.62. The number of esters is 2. The number of alkyl halides is 1. The minimum Gasteiger partial charge on any atom is -0.464 e. The van der Waals surface area contributed by atoms with Gasteiger partial charge in [0.05, 0.1) is 12.3 Å². The van der Waals surface area contributed by atoms with Gasteiger partial charge in [0.2, 0.25) is 0 Å². The summed E-state index contributed by atoms with van der Waals surface area (Å²) in [6, 6.07) is 0. The second-order valence-corrected chi connectivity index (χ2v) is 3.04. The van der Waals surface area contributed by atoms with Crippen molar-refractivity contribution in [2.24, 2.45) is 0 Å². The van der Waals surface area contributed by atoms with Gasteiger partial charge in [-0.1, -0.05) is 0 Å². The van der Waals surface area contributed by atoms with E-state index in [1.54, 1.807) is 6.92 Å². The average Bonchev–Trinajstić information content (AvgIpc) is 2.14. The molecule has 0 rings (SSSR count). The van der Waals surface area contributed by atoms with E-state index in [-0.39, 0.29) is 25.3 Å². The largest absolute Gasteiger partial charge is 0.464 e. The molecule has 4 nitrogen and oxygen atoms in total. The van der Waals surface area contributed by atoms with Crippen molar-refractivity contribution in [3.63, 3.8) is 0 Å². The lowest BCUT2D eigenvalue weighted by atomic mass is 10.3. The molecule has 0 aliphatic rings. The molecule has 0 bridgehead atoms. The van der Waals surface area contributed by atoms with Crippen LogP contribution in [0.25, 0.3) is 0 Å². The van der Waals surface area contributed by atoms with Crippen molar-refractivity contribution in [3.05, 3.63) is 6.92 Å². The van der Waals surface area contributed by atoms with Gasteiger partial charge in [0.25, 0.3) is 0 Å². The van der Waals surface area contributed by atoms with Crippen LogP contribution in [0, 0.1) is 6.92 Å². The lowest BCUT2D eigenvalue weighted by molar-refractivity contribution is -0.153. The van der Waals surface area contributed by atoms with Gasteiger partial charge in [-0.05, 0) is 13.8 Å². The van der Waals surface area contributed by atoms with Crippen LogP contribution in [0.1, 0.15) is 19.8 Å². The second-order valence-electron chi connectivity index (χ2n) is 2.66. The predicted octanol–water partition coefficient (Wildman–Crippen LogP) is 1.31. The lowest BCUT2D eigenvalue weighted by Gasteiger charge is -2.11. The molecule has 0 aromatic rings. The summed E-state index contributed by atoms with van der Waals surface area (Å²) in [6.07, 6.45) is -0.379. The maximum atomic E-state index is 11.0. The highest BCUT2D eigenvalue weighted by Crippen LogP contribution is 2.01. The molecule has 1 unspecified atom stereocenters. The van der Waals surface area contributed by atoms with E-state index in [2.05, 4.69) is 6.92 Å². The smallest absolute Gasteiger partial charge is 0.309 e. The molecule has 5 heteroatoms. The molecule has 0 aliphatic heterocycles. The van der Waals surface area contributed by atoms with Crippen LogP contribution in [0.5, 0.6) is 0 Å². The summed E-state index contributed by atoms with van der Waals surface area (Å²) >= 11 is 5.32. The topological polar surface area (TPSA) is 52.6 Å². The van der Waals surface area contributed by atoms with Gasteiger partial charge in [0.1, 0.15) is 12.7 Å². The molecule has 0 N–H and O–H groups in total. The van der Waals surface area contributed by atoms with Crippen LogP contribution in [0.3, 0.4) is 0 Å². The number of halogens is 1. The van der Waals surface area contributed by atoms with Gasteiger partial charge in [-0.25, -0.2) is 0 Å². The molecule has 0 aliphatic carbocycles. The Morgan fingerprint density at radius 1 is 1.43 bits per heavy atom. The Morgan fingerprint density at radius 2 is 2.07 bits per heavy atom. The van der Waals surface area contributed by atoms with Crippen molar-refractivity contribution >= 4 is 23.5 Å².